The third-order valence-electron chi connectivity index (χ3n) is 4.75. The molecule has 0 amide bonds. The maximum absolute atomic E-state index is 12.4. The minimum Gasteiger partial charge on any atom is -0.497 e. The average molecular weight is 384 g/mol. The molecule has 29 heavy (non-hydrogen) atoms. The average Bonchev–Trinajstić information content (AvgIpc) is 3.14. The van der Waals surface area contributed by atoms with Gasteiger partial charge in [0.25, 0.3) is 0 Å². The van der Waals surface area contributed by atoms with Gasteiger partial charge in [-0.2, -0.15) is 0 Å². The maximum atomic E-state index is 12.4. The molecule has 0 aromatic heterocycles. The van der Waals surface area contributed by atoms with Gasteiger partial charge in [-0.1, -0.05) is 54.6 Å². The number of hydrogen-bond donors (Lipinski definition) is 0. The molecule has 0 radical (unpaired) electrons. The van der Waals surface area contributed by atoms with Crippen molar-refractivity contribution >= 4 is 17.8 Å². The van der Waals surface area contributed by atoms with Crippen LogP contribution in [0.4, 0.5) is 0 Å². The summed E-state index contributed by atoms with van der Waals surface area (Å²) in [4.78, 5) is 12.4. The van der Waals surface area contributed by atoms with Gasteiger partial charge in [0, 0.05) is 11.1 Å². The van der Waals surface area contributed by atoms with Gasteiger partial charge in [0.15, 0.2) is 0 Å². The van der Waals surface area contributed by atoms with Crippen LogP contribution in [0.15, 0.2) is 84.4 Å². The molecule has 0 bridgehead atoms. The zero-order chi connectivity index (χ0) is 20.2. The van der Waals surface area contributed by atoms with Gasteiger partial charge in [-0.15, -0.1) is 0 Å². The number of cyclic esters (lactones) is 1. The molecule has 0 saturated carbocycles. The standard InChI is InChI=1S/C25H20O4/c1-27-22-12-13-23(28-2)20(15-22)14-21-16-24(29-25(21)26)19-10-8-18(9-11-19)17-6-4-3-5-7-17/h3-16H,1-2H3/b21-14+. The van der Waals surface area contributed by atoms with Crippen LogP contribution in [0, 0.1) is 0 Å². The van der Waals surface area contributed by atoms with Crippen LogP contribution in [-0.2, 0) is 9.53 Å². The molecule has 4 rings (SSSR count). The summed E-state index contributed by atoms with van der Waals surface area (Å²) in [6.45, 7) is 0. The van der Waals surface area contributed by atoms with Crippen LogP contribution in [-0.4, -0.2) is 20.2 Å². The molecule has 0 fully saturated rings. The van der Waals surface area contributed by atoms with Crippen molar-refractivity contribution in [3.8, 4) is 22.6 Å². The highest BCUT2D eigenvalue weighted by Gasteiger charge is 2.22. The van der Waals surface area contributed by atoms with E-state index in [-0.39, 0.29) is 0 Å². The van der Waals surface area contributed by atoms with Crippen LogP contribution in [0.25, 0.3) is 23.0 Å². The minimum atomic E-state index is -0.392. The van der Waals surface area contributed by atoms with Gasteiger partial charge in [-0.25, -0.2) is 4.79 Å². The third-order valence-corrected chi connectivity index (χ3v) is 4.75. The lowest BCUT2D eigenvalue weighted by Crippen LogP contribution is -1.98. The summed E-state index contributed by atoms with van der Waals surface area (Å²) in [5.41, 5.74) is 4.30. The Morgan fingerprint density at radius 2 is 1.48 bits per heavy atom. The van der Waals surface area contributed by atoms with E-state index in [2.05, 4.69) is 12.1 Å². The first-order chi connectivity index (χ1) is 14.2. The Morgan fingerprint density at radius 1 is 0.793 bits per heavy atom. The lowest BCUT2D eigenvalue weighted by Gasteiger charge is -2.07. The number of ether oxygens (including phenoxy) is 3. The molecule has 3 aromatic rings. The molecule has 0 spiro atoms. The van der Waals surface area contributed by atoms with E-state index >= 15 is 0 Å². The van der Waals surface area contributed by atoms with Crippen molar-refractivity contribution in [1.29, 1.82) is 0 Å². The van der Waals surface area contributed by atoms with Gasteiger partial charge in [0.2, 0.25) is 0 Å². The van der Waals surface area contributed by atoms with E-state index in [4.69, 9.17) is 14.2 Å². The van der Waals surface area contributed by atoms with Crippen molar-refractivity contribution in [3.05, 3.63) is 95.6 Å². The van der Waals surface area contributed by atoms with E-state index in [0.29, 0.717) is 22.8 Å². The summed E-state index contributed by atoms with van der Waals surface area (Å²) >= 11 is 0. The molecule has 144 valence electrons. The highest BCUT2D eigenvalue weighted by molar-refractivity contribution is 6.05. The van der Waals surface area contributed by atoms with Gasteiger partial charge in [-0.3, -0.25) is 0 Å². The number of hydrogen-bond acceptors (Lipinski definition) is 4. The monoisotopic (exact) mass is 384 g/mol. The quantitative estimate of drug-likeness (QED) is 0.439. The largest absolute Gasteiger partial charge is 0.497 e. The number of esters is 1. The molecule has 0 aliphatic carbocycles. The van der Waals surface area contributed by atoms with E-state index in [1.165, 1.54) is 0 Å². The Hall–Kier alpha value is -3.79. The zero-order valence-electron chi connectivity index (χ0n) is 16.2. The predicted octanol–water partition coefficient (Wildman–Crippen LogP) is 5.35. The van der Waals surface area contributed by atoms with E-state index in [0.717, 1.165) is 22.3 Å². The summed E-state index contributed by atoms with van der Waals surface area (Å²) in [6, 6.07) is 23.5. The van der Waals surface area contributed by atoms with Gasteiger partial charge < -0.3 is 14.2 Å². The fraction of sp³-hybridized carbons (Fsp3) is 0.0800. The lowest BCUT2D eigenvalue weighted by atomic mass is 10.0. The maximum Gasteiger partial charge on any atom is 0.343 e. The first-order valence-electron chi connectivity index (χ1n) is 9.21. The molecule has 1 aliphatic heterocycles. The lowest BCUT2D eigenvalue weighted by molar-refractivity contribution is -0.130. The summed E-state index contributed by atoms with van der Waals surface area (Å²) in [5.74, 6) is 1.48. The third kappa shape index (κ3) is 3.92. The molecule has 1 aliphatic rings. The number of carbonyl (C=O) groups is 1. The second kappa shape index (κ2) is 8.07. The van der Waals surface area contributed by atoms with Crippen LogP contribution in [0.1, 0.15) is 11.1 Å². The molecule has 1 heterocycles. The van der Waals surface area contributed by atoms with Gasteiger partial charge >= 0.3 is 5.97 Å². The van der Waals surface area contributed by atoms with Gasteiger partial charge in [-0.05, 0) is 41.5 Å². The fourth-order valence-corrected chi connectivity index (χ4v) is 3.21. The van der Waals surface area contributed by atoms with Crippen molar-refractivity contribution in [2.75, 3.05) is 14.2 Å². The predicted molar refractivity (Wildman–Crippen MR) is 113 cm³/mol. The van der Waals surface area contributed by atoms with Crippen LogP contribution in [0.2, 0.25) is 0 Å². The second-order valence-corrected chi connectivity index (χ2v) is 6.55. The molecular formula is C25H20O4. The minimum absolute atomic E-state index is 0.392. The highest BCUT2D eigenvalue weighted by Crippen LogP contribution is 2.32. The summed E-state index contributed by atoms with van der Waals surface area (Å²) in [7, 11) is 3.19. The van der Waals surface area contributed by atoms with Crippen LogP contribution in [0.3, 0.4) is 0 Å². The topological polar surface area (TPSA) is 44.8 Å². The van der Waals surface area contributed by atoms with Gasteiger partial charge in [0.1, 0.15) is 17.3 Å². The zero-order valence-corrected chi connectivity index (χ0v) is 16.2. The van der Waals surface area contributed by atoms with Crippen molar-refractivity contribution in [1.82, 2.24) is 0 Å². The van der Waals surface area contributed by atoms with Crippen molar-refractivity contribution in [2.45, 2.75) is 0 Å². The SMILES string of the molecule is COc1ccc(OC)c(/C=C2\C=C(c3ccc(-c4ccccc4)cc3)OC2=O)c1. The van der Waals surface area contributed by atoms with Gasteiger partial charge in [0.05, 0.1) is 19.8 Å². The van der Waals surface area contributed by atoms with Crippen molar-refractivity contribution in [2.24, 2.45) is 0 Å². The first-order valence-corrected chi connectivity index (χ1v) is 9.21. The Morgan fingerprint density at radius 3 is 2.17 bits per heavy atom. The van der Waals surface area contributed by atoms with Crippen molar-refractivity contribution in [3.63, 3.8) is 0 Å². The Kier molecular flexibility index (Phi) is 5.16. The molecule has 0 unspecified atom stereocenters. The van der Waals surface area contributed by atoms with Crippen LogP contribution in [0.5, 0.6) is 11.5 Å². The fourth-order valence-electron chi connectivity index (χ4n) is 3.21. The molecule has 0 N–H and O–H groups in total. The molecule has 3 aromatic carbocycles. The van der Waals surface area contributed by atoms with E-state index in [1.807, 2.05) is 54.6 Å². The summed E-state index contributed by atoms with van der Waals surface area (Å²) in [6.07, 6.45) is 3.49. The molecule has 4 heteroatoms. The number of methoxy groups -OCH3 is 2. The first kappa shape index (κ1) is 18.6. The van der Waals surface area contributed by atoms with Crippen LogP contribution < -0.4 is 9.47 Å². The normalized spacial score (nSPS) is 14.5. The Bertz CT molecular complexity index is 1090. The van der Waals surface area contributed by atoms with E-state index in [1.54, 1.807) is 32.4 Å². The highest BCUT2D eigenvalue weighted by atomic mass is 16.5. The second-order valence-electron chi connectivity index (χ2n) is 6.55. The summed E-state index contributed by atoms with van der Waals surface area (Å²) in [5, 5.41) is 0. The van der Waals surface area contributed by atoms with E-state index in [9.17, 15) is 4.79 Å². The molecule has 0 atom stereocenters. The number of benzene rings is 3. The molecule has 4 nitrogen and oxygen atoms in total. The number of carbonyl (C=O) groups excluding carboxylic acids is 1. The van der Waals surface area contributed by atoms with Crippen LogP contribution >= 0.6 is 0 Å². The Labute approximate surface area is 169 Å². The molecular weight excluding hydrogens is 364 g/mol. The van der Waals surface area contributed by atoms with E-state index < -0.39 is 5.97 Å². The van der Waals surface area contributed by atoms with Crippen molar-refractivity contribution < 1.29 is 19.0 Å². The Balaban J connectivity index is 1.63. The smallest absolute Gasteiger partial charge is 0.343 e. The molecule has 0 saturated heterocycles. The summed E-state index contributed by atoms with van der Waals surface area (Å²) < 4.78 is 16.1. The number of rotatable bonds is 5.